The Hall–Kier alpha value is -2.24. The summed E-state index contributed by atoms with van der Waals surface area (Å²) in [4.78, 5) is 27.6. The third kappa shape index (κ3) is 4.11. The summed E-state index contributed by atoms with van der Waals surface area (Å²) in [5, 5.41) is 0. The minimum atomic E-state index is -0.463. The van der Waals surface area contributed by atoms with Gasteiger partial charge in [-0.15, -0.1) is 0 Å². The monoisotopic (exact) mass is 359 g/mol. The van der Waals surface area contributed by atoms with Gasteiger partial charge in [0, 0.05) is 31.2 Å². The molecule has 2 heterocycles. The highest BCUT2D eigenvalue weighted by Crippen LogP contribution is 2.31. The molecule has 2 N–H and O–H groups in total. The van der Waals surface area contributed by atoms with Crippen LogP contribution in [0.2, 0.25) is 0 Å². The number of primary amides is 1. The number of rotatable bonds is 3. The van der Waals surface area contributed by atoms with Gasteiger partial charge in [0.05, 0.1) is 0 Å². The number of carbonyl (C=O) groups is 2. The van der Waals surface area contributed by atoms with Crippen molar-refractivity contribution >= 4 is 17.7 Å². The van der Waals surface area contributed by atoms with Gasteiger partial charge in [0.1, 0.15) is 11.6 Å². The van der Waals surface area contributed by atoms with Gasteiger partial charge in [-0.25, -0.2) is 4.79 Å². The lowest BCUT2D eigenvalue weighted by Crippen LogP contribution is -2.50. The van der Waals surface area contributed by atoms with Gasteiger partial charge in [-0.05, 0) is 57.7 Å². The molecule has 0 spiro atoms. The zero-order chi connectivity index (χ0) is 18.9. The molecule has 2 fully saturated rings. The number of piperidine rings is 1. The van der Waals surface area contributed by atoms with Crippen molar-refractivity contribution < 1.29 is 14.3 Å². The maximum atomic E-state index is 12.0. The number of likely N-dealkylation sites (tertiary alicyclic amines) is 1. The van der Waals surface area contributed by atoms with Crippen LogP contribution in [-0.2, 0) is 9.53 Å². The van der Waals surface area contributed by atoms with E-state index < -0.39 is 5.60 Å². The average molecular weight is 359 g/mol. The molecule has 2 amide bonds. The zero-order valence-electron chi connectivity index (χ0n) is 15.9. The molecule has 0 radical (unpaired) electrons. The van der Waals surface area contributed by atoms with E-state index in [-0.39, 0.29) is 18.0 Å². The van der Waals surface area contributed by atoms with Crippen molar-refractivity contribution in [3.05, 3.63) is 29.8 Å². The Kier molecular flexibility index (Phi) is 5.12. The summed E-state index contributed by atoms with van der Waals surface area (Å²) in [6, 6.07) is 8.11. The number of benzene rings is 1. The summed E-state index contributed by atoms with van der Waals surface area (Å²) < 4.78 is 5.40. The fourth-order valence-corrected chi connectivity index (χ4v) is 3.64. The first-order valence-electron chi connectivity index (χ1n) is 9.38. The number of ether oxygens (including phenoxy) is 1. The molecule has 1 aromatic rings. The van der Waals surface area contributed by atoms with Crippen LogP contribution in [-0.4, -0.2) is 48.2 Å². The minimum Gasteiger partial charge on any atom is -0.444 e. The third-order valence-corrected chi connectivity index (χ3v) is 5.06. The number of carbonyl (C=O) groups excluding carboxylic acids is 2. The van der Waals surface area contributed by atoms with Crippen LogP contribution >= 0.6 is 0 Å². The lowest BCUT2D eigenvalue weighted by Gasteiger charge is -2.40. The van der Waals surface area contributed by atoms with Crippen LogP contribution in [0.25, 0.3) is 0 Å². The second-order valence-electron chi connectivity index (χ2n) is 8.28. The molecule has 6 nitrogen and oxygen atoms in total. The fourth-order valence-electron chi connectivity index (χ4n) is 3.64. The van der Waals surface area contributed by atoms with Crippen molar-refractivity contribution in [2.75, 3.05) is 24.5 Å². The second-order valence-corrected chi connectivity index (χ2v) is 8.28. The number of hydrogen-bond donors (Lipinski definition) is 1. The van der Waals surface area contributed by atoms with Gasteiger partial charge < -0.3 is 20.3 Å². The summed E-state index contributed by atoms with van der Waals surface area (Å²) in [7, 11) is 0. The van der Waals surface area contributed by atoms with Crippen molar-refractivity contribution in [1.82, 2.24) is 4.90 Å². The highest BCUT2D eigenvalue weighted by molar-refractivity contribution is 5.83. The first-order chi connectivity index (χ1) is 12.2. The lowest BCUT2D eigenvalue weighted by atomic mass is 9.91. The Labute approximate surface area is 155 Å². The molecule has 1 atom stereocenters. The van der Waals surface area contributed by atoms with Crippen LogP contribution in [0.5, 0.6) is 0 Å². The molecule has 0 aromatic heterocycles. The fraction of sp³-hybridized carbons (Fsp3) is 0.600. The van der Waals surface area contributed by atoms with E-state index in [0.29, 0.717) is 19.0 Å². The van der Waals surface area contributed by atoms with Crippen LogP contribution in [0, 0.1) is 0 Å². The van der Waals surface area contributed by atoms with Gasteiger partial charge >= 0.3 is 6.09 Å². The van der Waals surface area contributed by atoms with E-state index in [1.165, 1.54) is 5.56 Å². The number of nitrogens with zero attached hydrogens (tertiary/aromatic N) is 2. The Morgan fingerprint density at radius 1 is 1.12 bits per heavy atom. The number of anilines is 1. The number of hydrogen-bond acceptors (Lipinski definition) is 4. The maximum absolute atomic E-state index is 12.0. The SMILES string of the molecule is CC(C)(C)OC(=O)N1CC(c2ccc(N3CCCCC3C(N)=O)cc2)C1. The van der Waals surface area contributed by atoms with Gasteiger partial charge in [-0.1, -0.05) is 12.1 Å². The summed E-state index contributed by atoms with van der Waals surface area (Å²) in [6.45, 7) is 7.86. The summed E-state index contributed by atoms with van der Waals surface area (Å²) in [5.41, 5.74) is 7.35. The molecule has 142 valence electrons. The van der Waals surface area contributed by atoms with E-state index in [2.05, 4.69) is 29.2 Å². The van der Waals surface area contributed by atoms with Crippen LogP contribution in [0.3, 0.4) is 0 Å². The standard InChI is InChI=1S/C20H29N3O3/c1-20(2,3)26-19(25)22-12-15(13-22)14-7-9-16(10-8-14)23-11-5-4-6-17(23)18(21)24/h7-10,15,17H,4-6,11-13H2,1-3H3,(H2,21,24). The topological polar surface area (TPSA) is 75.9 Å². The molecule has 26 heavy (non-hydrogen) atoms. The number of amides is 2. The molecular formula is C20H29N3O3. The second kappa shape index (κ2) is 7.17. The first kappa shape index (κ1) is 18.5. The van der Waals surface area contributed by atoms with Crippen molar-refractivity contribution in [3.8, 4) is 0 Å². The molecule has 1 unspecified atom stereocenters. The summed E-state index contributed by atoms with van der Waals surface area (Å²) >= 11 is 0. The van der Waals surface area contributed by atoms with Crippen LogP contribution < -0.4 is 10.6 Å². The molecule has 2 aliphatic rings. The Morgan fingerprint density at radius 3 is 2.35 bits per heavy atom. The maximum Gasteiger partial charge on any atom is 0.410 e. The molecule has 2 saturated heterocycles. The molecule has 6 heteroatoms. The van der Waals surface area contributed by atoms with Crippen LogP contribution in [0.4, 0.5) is 10.5 Å². The predicted octanol–water partition coefficient (Wildman–Crippen LogP) is 2.87. The quantitative estimate of drug-likeness (QED) is 0.900. The molecule has 3 rings (SSSR count). The number of nitrogens with two attached hydrogens (primary N) is 1. The van der Waals surface area contributed by atoms with Crippen molar-refractivity contribution in [1.29, 1.82) is 0 Å². The van der Waals surface area contributed by atoms with Gasteiger partial charge in [0.25, 0.3) is 0 Å². The summed E-state index contributed by atoms with van der Waals surface area (Å²) in [5.74, 6) is 0.0885. The zero-order valence-corrected chi connectivity index (χ0v) is 15.9. The van der Waals surface area contributed by atoms with E-state index >= 15 is 0 Å². The summed E-state index contributed by atoms with van der Waals surface area (Å²) in [6.07, 6.45) is 2.71. The van der Waals surface area contributed by atoms with Gasteiger partial charge in [-0.3, -0.25) is 4.79 Å². The molecule has 1 aromatic carbocycles. The largest absolute Gasteiger partial charge is 0.444 e. The minimum absolute atomic E-state index is 0.207. The lowest BCUT2D eigenvalue weighted by molar-refractivity contribution is -0.119. The van der Waals surface area contributed by atoms with E-state index in [9.17, 15) is 9.59 Å². The molecule has 2 aliphatic heterocycles. The Balaban J connectivity index is 1.59. The highest BCUT2D eigenvalue weighted by atomic mass is 16.6. The molecule has 0 aliphatic carbocycles. The van der Waals surface area contributed by atoms with Gasteiger partial charge in [0.15, 0.2) is 0 Å². The first-order valence-corrected chi connectivity index (χ1v) is 9.38. The molecule has 0 bridgehead atoms. The molecule has 0 saturated carbocycles. The van der Waals surface area contributed by atoms with Gasteiger partial charge in [0.2, 0.25) is 5.91 Å². The van der Waals surface area contributed by atoms with E-state index in [0.717, 1.165) is 31.5 Å². The van der Waals surface area contributed by atoms with E-state index in [4.69, 9.17) is 10.5 Å². The van der Waals surface area contributed by atoms with Gasteiger partial charge in [-0.2, -0.15) is 0 Å². The van der Waals surface area contributed by atoms with E-state index in [1.807, 2.05) is 20.8 Å². The normalized spacial score (nSPS) is 21.3. The van der Waals surface area contributed by atoms with Crippen molar-refractivity contribution in [3.63, 3.8) is 0 Å². The van der Waals surface area contributed by atoms with Crippen molar-refractivity contribution in [2.45, 2.75) is 57.6 Å². The predicted molar refractivity (Wildman–Crippen MR) is 101 cm³/mol. The van der Waals surface area contributed by atoms with Crippen molar-refractivity contribution in [2.24, 2.45) is 5.73 Å². The third-order valence-electron chi connectivity index (χ3n) is 5.06. The van der Waals surface area contributed by atoms with Crippen LogP contribution in [0.1, 0.15) is 51.5 Å². The smallest absolute Gasteiger partial charge is 0.410 e. The highest BCUT2D eigenvalue weighted by Gasteiger charge is 2.34. The Bertz CT molecular complexity index is 660. The Morgan fingerprint density at radius 2 is 1.77 bits per heavy atom. The molecular weight excluding hydrogens is 330 g/mol. The van der Waals surface area contributed by atoms with E-state index in [1.54, 1.807) is 4.90 Å². The average Bonchev–Trinajstić information content (AvgIpc) is 2.52. The van der Waals surface area contributed by atoms with Crippen LogP contribution in [0.15, 0.2) is 24.3 Å².